The van der Waals surface area contributed by atoms with Crippen LogP contribution in [0.25, 0.3) is 0 Å². The second kappa shape index (κ2) is 9.27. The predicted molar refractivity (Wildman–Crippen MR) is 106 cm³/mol. The molecule has 0 aliphatic carbocycles. The van der Waals surface area contributed by atoms with Crippen LogP contribution in [0.1, 0.15) is 28.8 Å². The van der Waals surface area contributed by atoms with Gasteiger partial charge in [-0.1, -0.05) is 6.07 Å². The van der Waals surface area contributed by atoms with E-state index in [4.69, 9.17) is 0 Å². The highest BCUT2D eigenvalue weighted by Crippen LogP contribution is 2.18. The van der Waals surface area contributed by atoms with E-state index in [2.05, 4.69) is 15.6 Å². The van der Waals surface area contributed by atoms with Gasteiger partial charge in [-0.25, -0.2) is 9.37 Å². The standard InChI is InChI=1S/C21H23FN4O3/c1-14-4-9-18(23-11-14)25-21(29)16-3-2-10-26(13-16)19(27)12-24-20(28)15-5-7-17(22)8-6-15/h4-9,11,16H,2-3,10,12-13H2,1H3,(H,24,28)(H,23,25,29). The van der Waals surface area contributed by atoms with Gasteiger partial charge in [0.2, 0.25) is 11.8 Å². The zero-order chi connectivity index (χ0) is 20.8. The second-order valence-electron chi connectivity index (χ2n) is 7.08. The number of hydrogen-bond acceptors (Lipinski definition) is 4. The van der Waals surface area contributed by atoms with Gasteiger partial charge in [0.25, 0.3) is 5.91 Å². The maximum absolute atomic E-state index is 12.9. The van der Waals surface area contributed by atoms with Gasteiger partial charge in [0.1, 0.15) is 11.6 Å². The van der Waals surface area contributed by atoms with E-state index in [0.29, 0.717) is 31.7 Å². The van der Waals surface area contributed by atoms with E-state index in [-0.39, 0.29) is 29.8 Å². The Balaban J connectivity index is 1.50. The van der Waals surface area contributed by atoms with Crippen molar-refractivity contribution in [1.82, 2.24) is 15.2 Å². The molecule has 1 saturated heterocycles. The quantitative estimate of drug-likeness (QED) is 0.807. The molecular weight excluding hydrogens is 375 g/mol. The van der Waals surface area contributed by atoms with E-state index in [1.807, 2.05) is 13.0 Å². The Labute approximate surface area is 168 Å². The first kappa shape index (κ1) is 20.4. The molecular formula is C21H23FN4O3. The molecule has 2 aromatic rings. The Hall–Kier alpha value is -3.29. The highest BCUT2D eigenvalue weighted by atomic mass is 19.1. The third-order valence-electron chi connectivity index (χ3n) is 4.81. The maximum Gasteiger partial charge on any atom is 0.251 e. The minimum Gasteiger partial charge on any atom is -0.343 e. The number of likely N-dealkylation sites (tertiary alicyclic amines) is 1. The van der Waals surface area contributed by atoms with Crippen LogP contribution in [0.3, 0.4) is 0 Å². The van der Waals surface area contributed by atoms with E-state index in [0.717, 1.165) is 5.56 Å². The van der Waals surface area contributed by atoms with Crippen molar-refractivity contribution in [3.05, 3.63) is 59.5 Å². The lowest BCUT2D eigenvalue weighted by Crippen LogP contribution is -2.47. The van der Waals surface area contributed by atoms with E-state index in [1.165, 1.54) is 24.3 Å². The van der Waals surface area contributed by atoms with Crippen LogP contribution in [0.15, 0.2) is 42.6 Å². The molecule has 0 saturated carbocycles. The van der Waals surface area contributed by atoms with Crippen molar-refractivity contribution in [3.8, 4) is 0 Å². The van der Waals surface area contributed by atoms with E-state index >= 15 is 0 Å². The van der Waals surface area contributed by atoms with E-state index < -0.39 is 11.7 Å². The summed E-state index contributed by atoms with van der Waals surface area (Å²) in [6.07, 6.45) is 3.07. The van der Waals surface area contributed by atoms with E-state index in [1.54, 1.807) is 17.2 Å². The fraction of sp³-hybridized carbons (Fsp3) is 0.333. The summed E-state index contributed by atoms with van der Waals surface area (Å²) in [6.45, 7) is 2.57. The Kier molecular flexibility index (Phi) is 6.54. The number of nitrogens with one attached hydrogen (secondary N) is 2. The number of benzene rings is 1. The van der Waals surface area contributed by atoms with Crippen LogP contribution in [0.2, 0.25) is 0 Å². The SMILES string of the molecule is Cc1ccc(NC(=O)C2CCCN(C(=O)CNC(=O)c3ccc(F)cc3)C2)nc1. The fourth-order valence-corrected chi connectivity index (χ4v) is 3.16. The minimum absolute atomic E-state index is 0.172. The molecule has 1 atom stereocenters. The van der Waals surface area contributed by atoms with Crippen LogP contribution in [0.5, 0.6) is 0 Å². The Bertz CT molecular complexity index is 884. The van der Waals surface area contributed by atoms with Crippen LogP contribution in [-0.2, 0) is 9.59 Å². The summed E-state index contributed by atoms with van der Waals surface area (Å²) in [5, 5.41) is 5.33. The number of carbonyl (C=O) groups is 3. The molecule has 1 aliphatic heterocycles. The average molecular weight is 398 g/mol. The molecule has 152 valence electrons. The molecule has 2 heterocycles. The molecule has 0 spiro atoms. The zero-order valence-electron chi connectivity index (χ0n) is 16.2. The summed E-state index contributed by atoms with van der Waals surface area (Å²) in [7, 11) is 0. The number of anilines is 1. The number of pyridine rings is 1. The molecule has 2 N–H and O–H groups in total. The molecule has 0 bridgehead atoms. The zero-order valence-corrected chi connectivity index (χ0v) is 16.2. The van der Waals surface area contributed by atoms with Gasteiger partial charge in [0, 0.05) is 24.8 Å². The van der Waals surface area contributed by atoms with Gasteiger partial charge in [-0.15, -0.1) is 0 Å². The number of aryl methyl sites for hydroxylation is 1. The van der Waals surface area contributed by atoms with Crippen LogP contribution < -0.4 is 10.6 Å². The molecule has 29 heavy (non-hydrogen) atoms. The number of aromatic nitrogens is 1. The molecule has 1 aliphatic rings. The normalized spacial score (nSPS) is 16.2. The molecule has 7 nitrogen and oxygen atoms in total. The number of nitrogens with zero attached hydrogens (tertiary/aromatic N) is 2. The molecule has 8 heteroatoms. The summed E-state index contributed by atoms with van der Waals surface area (Å²) in [4.78, 5) is 42.8. The van der Waals surface area contributed by atoms with Crippen molar-refractivity contribution in [1.29, 1.82) is 0 Å². The minimum atomic E-state index is -0.449. The Morgan fingerprint density at radius 3 is 2.62 bits per heavy atom. The van der Waals surface area contributed by atoms with Crippen molar-refractivity contribution >= 4 is 23.5 Å². The van der Waals surface area contributed by atoms with Gasteiger partial charge in [-0.05, 0) is 55.7 Å². The molecule has 3 amide bonds. The number of amides is 3. The number of hydrogen-bond donors (Lipinski definition) is 2. The van der Waals surface area contributed by atoms with Crippen molar-refractivity contribution < 1.29 is 18.8 Å². The molecule has 1 aromatic heterocycles. The number of piperidine rings is 1. The Morgan fingerprint density at radius 1 is 1.17 bits per heavy atom. The largest absolute Gasteiger partial charge is 0.343 e. The van der Waals surface area contributed by atoms with Crippen molar-refractivity contribution in [2.45, 2.75) is 19.8 Å². The van der Waals surface area contributed by atoms with Gasteiger partial charge in [-0.3, -0.25) is 14.4 Å². The van der Waals surface area contributed by atoms with Crippen molar-refractivity contribution in [2.24, 2.45) is 5.92 Å². The van der Waals surface area contributed by atoms with Gasteiger partial charge in [-0.2, -0.15) is 0 Å². The van der Waals surface area contributed by atoms with Crippen LogP contribution in [-0.4, -0.2) is 47.2 Å². The lowest BCUT2D eigenvalue weighted by atomic mass is 9.97. The summed E-state index contributed by atoms with van der Waals surface area (Å²) in [5.41, 5.74) is 1.28. The van der Waals surface area contributed by atoms with Crippen LogP contribution in [0.4, 0.5) is 10.2 Å². The van der Waals surface area contributed by atoms with Gasteiger partial charge in [0.15, 0.2) is 0 Å². The first-order valence-electron chi connectivity index (χ1n) is 9.47. The van der Waals surface area contributed by atoms with Crippen LogP contribution >= 0.6 is 0 Å². The average Bonchev–Trinajstić information content (AvgIpc) is 2.74. The van der Waals surface area contributed by atoms with Gasteiger partial charge < -0.3 is 15.5 Å². The summed E-state index contributed by atoms with van der Waals surface area (Å²) in [5.74, 6) is -1.16. The van der Waals surface area contributed by atoms with Crippen molar-refractivity contribution in [3.63, 3.8) is 0 Å². The summed E-state index contributed by atoms with van der Waals surface area (Å²) in [6, 6.07) is 8.69. The second-order valence-corrected chi connectivity index (χ2v) is 7.08. The Morgan fingerprint density at radius 2 is 1.93 bits per heavy atom. The third-order valence-corrected chi connectivity index (χ3v) is 4.81. The monoisotopic (exact) mass is 398 g/mol. The summed E-state index contributed by atoms with van der Waals surface area (Å²) < 4.78 is 12.9. The van der Waals surface area contributed by atoms with Crippen LogP contribution in [0, 0.1) is 18.7 Å². The molecule has 1 unspecified atom stereocenters. The topological polar surface area (TPSA) is 91.4 Å². The lowest BCUT2D eigenvalue weighted by molar-refractivity contribution is -0.133. The molecule has 3 rings (SSSR count). The number of rotatable bonds is 5. The highest BCUT2D eigenvalue weighted by Gasteiger charge is 2.28. The van der Waals surface area contributed by atoms with Crippen molar-refractivity contribution in [2.75, 3.05) is 25.0 Å². The predicted octanol–water partition coefficient (Wildman–Crippen LogP) is 2.14. The molecule has 1 fully saturated rings. The lowest BCUT2D eigenvalue weighted by Gasteiger charge is -2.32. The number of halogens is 1. The first-order valence-corrected chi connectivity index (χ1v) is 9.47. The first-order chi connectivity index (χ1) is 13.9. The van der Waals surface area contributed by atoms with Gasteiger partial charge in [0.05, 0.1) is 12.5 Å². The third kappa shape index (κ3) is 5.60. The van der Waals surface area contributed by atoms with Gasteiger partial charge >= 0.3 is 0 Å². The van der Waals surface area contributed by atoms with E-state index in [9.17, 15) is 18.8 Å². The molecule has 1 aromatic carbocycles. The molecule has 0 radical (unpaired) electrons. The maximum atomic E-state index is 12.9. The highest BCUT2D eigenvalue weighted by molar-refractivity contribution is 5.96. The number of carbonyl (C=O) groups excluding carboxylic acids is 3. The smallest absolute Gasteiger partial charge is 0.251 e. The fourth-order valence-electron chi connectivity index (χ4n) is 3.16. The summed E-state index contributed by atoms with van der Waals surface area (Å²) >= 11 is 0.